The van der Waals surface area contributed by atoms with E-state index in [-0.39, 0.29) is 5.75 Å². The third kappa shape index (κ3) is 3.78. The van der Waals surface area contributed by atoms with Gasteiger partial charge in [0.1, 0.15) is 5.75 Å². The van der Waals surface area contributed by atoms with Crippen LogP contribution < -0.4 is 9.04 Å². The zero-order valence-electron chi connectivity index (χ0n) is 10.6. The van der Waals surface area contributed by atoms with E-state index in [1.54, 1.807) is 24.3 Å². The predicted molar refractivity (Wildman–Crippen MR) is 75.1 cm³/mol. The molecule has 6 heteroatoms. The van der Waals surface area contributed by atoms with Crippen LogP contribution >= 0.6 is 11.6 Å². The first-order chi connectivity index (χ1) is 8.53. The molecule has 0 aliphatic carbocycles. The number of halogens is 1. The van der Waals surface area contributed by atoms with Gasteiger partial charge in [0.2, 0.25) is 10.0 Å². The molecule has 0 amide bonds. The Morgan fingerprint density at radius 2 is 1.94 bits per heavy atom. The molecule has 0 fully saturated rings. The van der Waals surface area contributed by atoms with Crippen molar-refractivity contribution in [3.05, 3.63) is 24.3 Å². The van der Waals surface area contributed by atoms with Crippen LogP contribution in [0.5, 0.6) is 5.75 Å². The maximum atomic E-state index is 12.1. The Morgan fingerprint density at radius 3 is 2.56 bits per heavy atom. The summed E-state index contributed by atoms with van der Waals surface area (Å²) in [5, 5.41) is 0. The number of alkyl halides is 1. The Kier molecular flexibility index (Phi) is 5.75. The Morgan fingerprint density at radius 1 is 1.28 bits per heavy atom. The van der Waals surface area contributed by atoms with Gasteiger partial charge in [-0.2, -0.15) is 0 Å². The molecular weight excluding hydrogens is 274 g/mol. The van der Waals surface area contributed by atoms with Crippen molar-refractivity contribution in [3.8, 4) is 5.75 Å². The van der Waals surface area contributed by atoms with Gasteiger partial charge in [-0.25, -0.2) is 8.42 Å². The highest BCUT2D eigenvalue weighted by atomic mass is 35.5. The van der Waals surface area contributed by atoms with Crippen molar-refractivity contribution in [1.29, 1.82) is 0 Å². The largest absolute Gasteiger partial charge is 0.495 e. The summed E-state index contributed by atoms with van der Waals surface area (Å²) in [4.78, 5) is 0. The molecule has 0 saturated carbocycles. The third-order valence-electron chi connectivity index (χ3n) is 2.63. The highest BCUT2D eigenvalue weighted by Crippen LogP contribution is 2.28. The molecule has 4 nitrogen and oxygen atoms in total. The molecule has 0 spiro atoms. The molecule has 0 bridgehead atoms. The minimum atomic E-state index is -3.32. The standard InChI is InChI=1S/C12H18ClNO3S/c1-14(18(15,16)10-6-5-9-13)11-7-3-4-8-12(11)17-2/h3-4,7-8H,5-6,9-10H2,1-2H3. The second-order valence-electron chi connectivity index (χ2n) is 3.85. The number of rotatable bonds is 7. The van der Waals surface area contributed by atoms with Crippen molar-refractivity contribution >= 4 is 27.3 Å². The van der Waals surface area contributed by atoms with Crippen molar-refractivity contribution in [1.82, 2.24) is 0 Å². The SMILES string of the molecule is COc1ccccc1N(C)S(=O)(=O)CCCCCl. The zero-order valence-corrected chi connectivity index (χ0v) is 12.2. The van der Waals surface area contributed by atoms with Crippen molar-refractivity contribution in [2.24, 2.45) is 0 Å². The summed E-state index contributed by atoms with van der Waals surface area (Å²) >= 11 is 5.55. The molecule has 1 aromatic carbocycles. The summed E-state index contributed by atoms with van der Waals surface area (Å²) in [6.45, 7) is 0. The minimum absolute atomic E-state index is 0.0915. The molecule has 0 radical (unpaired) electrons. The van der Waals surface area contributed by atoms with E-state index in [1.807, 2.05) is 0 Å². The lowest BCUT2D eigenvalue weighted by atomic mass is 10.3. The van der Waals surface area contributed by atoms with E-state index in [4.69, 9.17) is 16.3 Å². The van der Waals surface area contributed by atoms with Crippen LogP contribution in [0.25, 0.3) is 0 Å². The number of hydrogen-bond acceptors (Lipinski definition) is 3. The molecule has 18 heavy (non-hydrogen) atoms. The number of anilines is 1. The van der Waals surface area contributed by atoms with E-state index in [2.05, 4.69) is 0 Å². The number of hydrogen-bond donors (Lipinski definition) is 0. The average Bonchev–Trinajstić information content (AvgIpc) is 2.38. The van der Waals surface area contributed by atoms with E-state index in [9.17, 15) is 8.42 Å². The van der Waals surface area contributed by atoms with E-state index < -0.39 is 10.0 Å². The smallest absolute Gasteiger partial charge is 0.235 e. The Bertz CT molecular complexity index is 476. The van der Waals surface area contributed by atoms with Crippen LogP contribution in [-0.4, -0.2) is 34.2 Å². The summed E-state index contributed by atoms with van der Waals surface area (Å²) in [5.41, 5.74) is 0.547. The summed E-state index contributed by atoms with van der Waals surface area (Å²) in [7, 11) is -0.267. The lowest BCUT2D eigenvalue weighted by Crippen LogP contribution is -2.29. The van der Waals surface area contributed by atoms with Gasteiger partial charge in [-0.3, -0.25) is 4.31 Å². The maximum Gasteiger partial charge on any atom is 0.235 e. The number of benzene rings is 1. The molecule has 1 rings (SSSR count). The van der Waals surface area contributed by atoms with E-state index >= 15 is 0 Å². The Hall–Kier alpha value is -0.940. The van der Waals surface area contributed by atoms with Gasteiger partial charge < -0.3 is 4.74 Å². The molecule has 0 aliphatic heterocycles. The summed E-state index contributed by atoms with van der Waals surface area (Å²) < 4.78 is 30.6. The summed E-state index contributed by atoms with van der Waals surface area (Å²) in [6, 6.07) is 7.04. The van der Waals surface area contributed by atoms with Crippen LogP contribution in [0.4, 0.5) is 5.69 Å². The second-order valence-corrected chi connectivity index (χ2v) is 6.35. The summed E-state index contributed by atoms with van der Waals surface area (Å²) in [6.07, 6.45) is 1.26. The van der Waals surface area contributed by atoms with E-state index in [0.29, 0.717) is 30.2 Å². The molecular formula is C12H18ClNO3S. The van der Waals surface area contributed by atoms with Gasteiger partial charge in [0.15, 0.2) is 0 Å². The first-order valence-electron chi connectivity index (χ1n) is 5.68. The van der Waals surface area contributed by atoms with Crippen LogP contribution in [0.1, 0.15) is 12.8 Å². The van der Waals surface area contributed by atoms with Gasteiger partial charge >= 0.3 is 0 Å². The normalized spacial score (nSPS) is 11.3. The third-order valence-corrected chi connectivity index (χ3v) is 4.73. The lowest BCUT2D eigenvalue weighted by Gasteiger charge is -2.21. The molecule has 0 saturated heterocycles. The van der Waals surface area contributed by atoms with Gasteiger partial charge in [-0.1, -0.05) is 12.1 Å². The lowest BCUT2D eigenvalue weighted by molar-refractivity contribution is 0.416. The first-order valence-corrected chi connectivity index (χ1v) is 7.83. The van der Waals surface area contributed by atoms with Gasteiger partial charge in [-0.05, 0) is 25.0 Å². The molecule has 0 N–H and O–H groups in total. The molecule has 0 unspecified atom stereocenters. The van der Waals surface area contributed by atoms with Crippen LogP contribution in [0.15, 0.2) is 24.3 Å². The minimum Gasteiger partial charge on any atom is -0.495 e. The van der Waals surface area contributed by atoms with Gasteiger partial charge in [0.05, 0.1) is 18.6 Å². The molecule has 0 atom stereocenters. The van der Waals surface area contributed by atoms with Gasteiger partial charge in [0, 0.05) is 12.9 Å². The topological polar surface area (TPSA) is 46.6 Å². The van der Waals surface area contributed by atoms with E-state index in [0.717, 1.165) is 0 Å². The maximum absolute atomic E-state index is 12.1. The number of nitrogens with zero attached hydrogens (tertiary/aromatic N) is 1. The fourth-order valence-electron chi connectivity index (χ4n) is 1.56. The monoisotopic (exact) mass is 291 g/mol. The average molecular weight is 292 g/mol. The molecule has 1 aromatic rings. The van der Waals surface area contributed by atoms with E-state index in [1.165, 1.54) is 18.5 Å². The first kappa shape index (κ1) is 15.1. The number of sulfonamides is 1. The number of ether oxygens (including phenoxy) is 1. The second kappa shape index (κ2) is 6.85. The zero-order chi connectivity index (χ0) is 13.6. The van der Waals surface area contributed by atoms with Crippen molar-refractivity contribution in [2.45, 2.75) is 12.8 Å². The highest BCUT2D eigenvalue weighted by molar-refractivity contribution is 7.92. The summed E-state index contributed by atoms with van der Waals surface area (Å²) in [5.74, 6) is 1.11. The molecule has 0 aromatic heterocycles. The Labute approximate surface area is 114 Å². The molecule has 0 aliphatic rings. The Balaban J connectivity index is 2.88. The van der Waals surface area contributed by atoms with Crippen LogP contribution in [0, 0.1) is 0 Å². The van der Waals surface area contributed by atoms with Crippen molar-refractivity contribution in [3.63, 3.8) is 0 Å². The van der Waals surface area contributed by atoms with Gasteiger partial charge in [0.25, 0.3) is 0 Å². The fraction of sp³-hybridized carbons (Fsp3) is 0.500. The van der Waals surface area contributed by atoms with Crippen molar-refractivity contribution in [2.75, 3.05) is 30.1 Å². The quantitative estimate of drug-likeness (QED) is 0.573. The van der Waals surface area contributed by atoms with Gasteiger partial charge in [-0.15, -0.1) is 11.6 Å². The van der Waals surface area contributed by atoms with Crippen LogP contribution in [0.2, 0.25) is 0 Å². The fourth-order valence-corrected chi connectivity index (χ4v) is 3.04. The molecule has 0 heterocycles. The molecule has 102 valence electrons. The number of methoxy groups -OCH3 is 1. The van der Waals surface area contributed by atoms with Crippen LogP contribution in [-0.2, 0) is 10.0 Å². The van der Waals surface area contributed by atoms with Crippen LogP contribution in [0.3, 0.4) is 0 Å². The number of unbranched alkanes of at least 4 members (excludes halogenated alkanes) is 1. The predicted octanol–water partition coefficient (Wildman–Crippen LogP) is 2.48. The van der Waals surface area contributed by atoms with Crippen molar-refractivity contribution < 1.29 is 13.2 Å². The number of para-hydroxylation sites is 2. The highest BCUT2D eigenvalue weighted by Gasteiger charge is 2.20.